The van der Waals surface area contributed by atoms with Crippen LogP contribution in [0, 0.1) is 6.92 Å². The number of hydrogen-bond donors (Lipinski definition) is 1. The van der Waals surface area contributed by atoms with Crippen LogP contribution in [-0.2, 0) is 16.0 Å². The third-order valence-corrected chi connectivity index (χ3v) is 4.49. The van der Waals surface area contributed by atoms with Crippen LogP contribution in [-0.4, -0.2) is 29.4 Å². The smallest absolute Gasteiger partial charge is 0.240 e. The zero-order valence-electron chi connectivity index (χ0n) is 13.6. The van der Waals surface area contributed by atoms with E-state index in [0.29, 0.717) is 6.04 Å². The minimum Gasteiger partial charge on any atom is -0.352 e. The molecule has 0 bridgehead atoms. The first-order valence-electron chi connectivity index (χ1n) is 8.26. The standard InChI is InChI=1S/C19H19N3O2/c1-12-2-4-13(5-3-12)14-8-17-16(20-10-14)9-19(24)22(17)11-18(23)21-15-6-7-15/h2-5,8,10,15H,6-7,9,11H2,1H3,(H,21,23). The van der Waals surface area contributed by atoms with Crippen molar-refractivity contribution in [3.05, 3.63) is 47.8 Å². The molecule has 1 N–H and O–H groups in total. The Morgan fingerprint density at radius 2 is 2.00 bits per heavy atom. The molecule has 5 nitrogen and oxygen atoms in total. The summed E-state index contributed by atoms with van der Waals surface area (Å²) in [6.07, 6.45) is 4.13. The van der Waals surface area contributed by atoms with Gasteiger partial charge in [0.1, 0.15) is 6.54 Å². The summed E-state index contributed by atoms with van der Waals surface area (Å²) in [5.74, 6) is -0.163. The fourth-order valence-corrected chi connectivity index (χ4v) is 2.95. The minimum absolute atomic E-state index is 0.0653. The van der Waals surface area contributed by atoms with Crippen molar-refractivity contribution in [2.24, 2.45) is 0 Å². The number of pyridine rings is 1. The second-order valence-electron chi connectivity index (χ2n) is 6.55. The maximum absolute atomic E-state index is 12.3. The van der Waals surface area contributed by atoms with E-state index >= 15 is 0 Å². The Bertz CT molecular complexity index is 810. The number of aromatic nitrogens is 1. The average molecular weight is 321 g/mol. The van der Waals surface area contributed by atoms with Crippen molar-refractivity contribution in [2.45, 2.75) is 32.2 Å². The SMILES string of the molecule is Cc1ccc(-c2cnc3c(c2)N(CC(=O)NC2CC2)C(=O)C3)cc1. The summed E-state index contributed by atoms with van der Waals surface area (Å²) in [6.45, 7) is 2.12. The fraction of sp³-hybridized carbons (Fsp3) is 0.316. The third-order valence-electron chi connectivity index (χ3n) is 4.49. The van der Waals surface area contributed by atoms with Crippen LogP contribution in [0.15, 0.2) is 36.5 Å². The molecule has 1 fully saturated rings. The monoisotopic (exact) mass is 321 g/mol. The highest BCUT2D eigenvalue weighted by Gasteiger charge is 2.32. The summed E-state index contributed by atoms with van der Waals surface area (Å²) in [5.41, 5.74) is 4.70. The lowest BCUT2D eigenvalue weighted by Gasteiger charge is -2.17. The lowest BCUT2D eigenvalue weighted by molar-refractivity contribution is -0.123. The number of aryl methyl sites for hydroxylation is 1. The second-order valence-corrected chi connectivity index (χ2v) is 6.55. The largest absolute Gasteiger partial charge is 0.352 e. The number of nitrogens with zero attached hydrogens (tertiary/aromatic N) is 2. The third kappa shape index (κ3) is 2.89. The molecule has 5 heteroatoms. The van der Waals surface area contributed by atoms with Crippen LogP contribution in [0.5, 0.6) is 0 Å². The molecule has 1 aliphatic heterocycles. The number of amides is 2. The van der Waals surface area contributed by atoms with Gasteiger partial charge in [0.15, 0.2) is 0 Å². The lowest BCUT2D eigenvalue weighted by Crippen LogP contribution is -2.39. The Morgan fingerprint density at radius 3 is 2.71 bits per heavy atom. The van der Waals surface area contributed by atoms with E-state index in [0.717, 1.165) is 35.3 Å². The molecule has 0 saturated heterocycles. The maximum atomic E-state index is 12.3. The number of carbonyl (C=O) groups excluding carboxylic acids is 2. The van der Waals surface area contributed by atoms with E-state index in [-0.39, 0.29) is 24.8 Å². The predicted octanol–water partition coefficient (Wildman–Crippen LogP) is 2.22. The first kappa shape index (κ1) is 14.9. The molecule has 0 spiro atoms. The molecule has 1 aliphatic carbocycles. The molecule has 1 aromatic heterocycles. The van der Waals surface area contributed by atoms with E-state index in [9.17, 15) is 9.59 Å². The van der Waals surface area contributed by atoms with E-state index in [1.54, 1.807) is 11.1 Å². The van der Waals surface area contributed by atoms with E-state index in [2.05, 4.69) is 22.4 Å². The number of fused-ring (bicyclic) bond motifs is 1. The Balaban J connectivity index is 1.60. The summed E-state index contributed by atoms with van der Waals surface area (Å²) in [4.78, 5) is 30.3. The van der Waals surface area contributed by atoms with Gasteiger partial charge in [-0.15, -0.1) is 0 Å². The van der Waals surface area contributed by atoms with E-state index in [1.807, 2.05) is 25.1 Å². The fourth-order valence-electron chi connectivity index (χ4n) is 2.95. The zero-order chi connectivity index (χ0) is 16.7. The zero-order valence-corrected chi connectivity index (χ0v) is 13.6. The van der Waals surface area contributed by atoms with Gasteiger partial charge in [0.05, 0.1) is 17.8 Å². The van der Waals surface area contributed by atoms with Crippen LogP contribution in [0.1, 0.15) is 24.1 Å². The number of benzene rings is 1. The minimum atomic E-state index is -0.0977. The molecule has 0 atom stereocenters. The van der Waals surface area contributed by atoms with Gasteiger partial charge < -0.3 is 10.2 Å². The van der Waals surface area contributed by atoms with Crippen molar-refractivity contribution in [3.8, 4) is 11.1 Å². The van der Waals surface area contributed by atoms with Gasteiger partial charge in [-0.25, -0.2) is 0 Å². The molecule has 122 valence electrons. The Hall–Kier alpha value is -2.69. The Labute approximate surface area is 140 Å². The van der Waals surface area contributed by atoms with Crippen LogP contribution in [0.4, 0.5) is 5.69 Å². The maximum Gasteiger partial charge on any atom is 0.240 e. The molecule has 2 heterocycles. The van der Waals surface area contributed by atoms with Crippen LogP contribution < -0.4 is 10.2 Å². The van der Waals surface area contributed by atoms with Gasteiger partial charge in [-0.3, -0.25) is 14.6 Å². The summed E-state index contributed by atoms with van der Waals surface area (Å²) in [6, 6.07) is 10.4. The second kappa shape index (κ2) is 5.74. The first-order chi connectivity index (χ1) is 11.6. The molecule has 0 radical (unpaired) electrons. The van der Waals surface area contributed by atoms with Crippen LogP contribution in [0.25, 0.3) is 11.1 Å². The highest BCUT2D eigenvalue weighted by atomic mass is 16.2. The average Bonchev–Trinajstić information content (AvgIpc) is 3.32. The summed E-state index contributed by atoms with van der Waals surface area (Å²) < 4.78 is 0. The Morgan fingerprint density at radius 1 is 1.25 bits per heavy atom. The van der Waals surface area contributed by atoms with Crippen molar-refractivity contribution in [3.63, 3.8) is 0 Å². The van der Waals surface area contributed by atoms with Crippen molar-refractivity contribution in [2.75, 3.05) is 11.4 Å². The number of hydrogen-bond acceptors (Lipinski definition) is 3. The lowest BCUT2D eigenvalue weighted by atomic mass is 10.1. The molecule has 2 aliphatic rings. The van der Waals surface area contributed by atoms with Gasteiger partial charge >= 0.3 is 0 Å². The quantitative estimate of drug-likeness (QED) is 0.939. The van der Waals surface area contributed by atoms with Crippen molar-refractivity contribution in [1.29, 1.82) is 0 Å². The topological polar surface area (TPSA) is 62.3 Å². The number of rotatable bonds is 4. The van der Waals surface area contributed by atoms with E-state index < -0.39 is 0 Å². The molecule has 1 aromatic carbocycles. The molecule has 1 saturated carbocycles. The van der Waals surface area contributed by atoms with Gasteiger partial charge in [0.2, 0.25) is 11.8 Å². The van der Waals surface area contributed by atoms with Crippen molar-refractivity contribution >= 4 is 17.5 Å². The molecule has 4 rings (SSSR count). The van der Waals surface area contributed by atoms with Crippen LogP contribution in [0.2, 0.25) is 0 Å². The van der Waals surface area contributed by atoms with Gasteiger partial charge in [-0.2, -0.15) is 0 Å². The predicted molar refractivity (Wildman–Crippen MR) is 91.6 cm³/mol. The van der Waals surface area contributed by atoms with E-state index in [1.165, 1.54) is 5.56 Å². The number of nitrogens with one attached hydrogen (secondary N) is 1. The summed E-state index contributed by atoms with van der Waals surface area (Å²) in [7, 11) is 0. The summed E-state index contributed by atoms with van der Waals surface area (Å²) in [5, 5.41) is 2.93. The Kier molecular flexibility index (Phi) is 3.56. The highest BCUT2D eigenvalue weighted by Crippen LogP contribution is 2.31. The number of anilines is 1. The normalized spacial score (nSPS) is 16.2. The van der Waals surface area contributed by atoms with Gasteiger partial charge in [-0.05, 0) is 31.4 Å². The number of carbonyl (C=O) groups is 2. The molecule has 24 heavy (non-hydrogen) atoms. The van der Waals surface area contributed by atoms with Gasteiger partial charge in [-0.1, -0.05) is 29.8 Å². The van der Waals surface area contributed by atoms with Gasteiger partial charge in [0.25, 0.3) is 0 Å². The molecule has 2 amide bonds. The molecular formula is C19H19N3O2. The van der Waals surface area contributed by atoms with Crippen LogP contribution in [0.3, 0.4) is 0 Å². The van der Waals surface area contributed by atoms with Crippen LogP contribution >= 0.6 is 0 Å². The van der Waals surface area contributed by atoms with Gasteiger partial charge in [0, 0.05) is 17.8 Å². The molecular weight excluding hydrogens is 302 g/mol. The highest BCUT2D eigenvalue weighted by molar-refractivity contribution is 6.05. The summed E-state index contributed by atoms with van der Waals surface area (Å²) >= 11 is 0. The van der Waals surface area contributed by atoms with Crippen molar-refractivity contribution < 1.29 is 9.59 Å². The van der Waals surface area contributed by atoms with E-state index in [4.69, 9.17) is 0 Å². The molecule has 2 aromatic rings. The first-order valence-corrected chi connectivity index (χ1v) is 8.26. The molecule has 0 unspecified atom stereocenters. The van der Waals surface area contributed by atoms with Crippen molar-refractivity contribution in [1.82, 2.24) is 10.3 Å².